The van der Waals surface area contributed by atoms with E-state index < -0.39 is 35.3 Å². The molecule has 18 heavy (non-hydrogen) atoms. The molecule has 0 spiro atoms. The van der Waals surface area contributed by atoms with Crippen LogP contribution in [0.5, 0.6) is 0 Å². The maximum atomic E-state index is 11.4. The Kier molecular flexibility index (Phi) is 5.31. The Hall–Kier alpha value is -1.14. The molecule has 0 fully saturated rings. The topological polar surface area (TPSA) is 93.1 Å². The Bertz CT molecular complexity index is 278. The van der Waals surface area contributed by atoms with Gasteiger partial charge in [0.25, 0.3) is 0 Å². The van der Waals surface area contributed by atoms with Gasteiger partial charge in [-0.1, -0.05) is 0 Å². The van der Waals surface area contributed by atoms with E-state index in [-0.39, 0.29) is 0 Å². The number of esters is 2. The van der Waals surface area contributed by atoms with Crippen LogP contribution in [-0.2, 0) is 19.1 Å². The third-order valence-corrected chi connectivity index (χ3v) is 1.60. The summed E-state index contributed by atoms with van der Waals surface area (Å²) in [6.45, 7) is 9.65. The summed E-state index contributed by atoms with van der Waals surface area (Å²) in [6.07, 6.45) is -3.92. The van der Waals surface area contributed by atoms with Crippen LogP contribution in [0.3, 0.4) is 0 Å². The van der Waals surface area contributed by atoms with E-state index in [1.165, 1.54) is 0 Å². The van der Waals surface area contributed by atoms with Crippen molar-refractivity contribution >= 4 is 11.9 Å². The van der Waals surface area contributed by atoms with Gasteiger partial charge < -0.3 is 19.7 Å². The summed E-state index contributed by atoms with van der Waals surface area (Å²) in [4.78, 5) is 22.9. The minimum atomic E-state index is -1.96. The van der Waals surface area contributed by atoms with Crippen molar-refractivity contribution in [2.24, 2.45) is 0 Å². The second-order valence-corrected chi connectivity index (χ2v) is 5.96. The largest absolute Gasteiger partial charge is 0.458 e. The van der Waals surface area contributed by atoms with Crippen LogP contribution in [0.4, 0.5) is 0 Å². The maximum Gasteiger partial charge on any atom is 0.338 e. The number of carbonyl (C=O) groups is 2. The van der Waals surface area contributed by atoms with Crippen molar-refractivity contribution in [1.82, 2.24) is 0 Å². The van der Waals surface area contributed by atoms with E-state index >= 15 is 0 Å². The van der Waals surface area contributed by atoms with E-state index in [0.717, 1.165) is 0 Å². The van der Waals surface area contributed by atoms with Gasteiger partial charge in [0.2, 0.25) is 0 Å². The molecule has 0 radical (unpaired) electrons. The summed E-state index contributed by atoms with van der Waals surface area (Å²) in [5.41, 5.74) is -1.63. The van der Waals surface area contributed by atoms with Gasteiger partial charge in [0.05, 0.1) is 0 Å². The normalized spacial score (nSPS) is 15.8. The number of aliphatic hydroxyl groups excluding tert-OH is 2. The highest BCUT2D eigenvalue weighted by Gasteiger charge is 2.36. The lowest BCUT2D eigenvalue weighted by molar-refractivity contribution is -0.185. The molecule has 0 aliphatic rings. The molecule has 0 rings (SSSR count). The number of ether oxygens (including phenoxy) is 2. The van der Waals surface area contributed by atoms with E-state index in [2.05, 4.69) is 0 Å². The van der Waals surface area contributed by atoms with Crippen LogP contribution in [-0.4, -0.2) is 45.6 Å². The first kappa shape index (κ1) is 16.9. The van der Waals surface area contributed by atoms with Gasteiger partial charge in [-0.15, -0.1) is 0 Å². The fourth-order valence-corrected chi connectivity index (χ4v) is 0.982. The van der Waals surface area contributed by atoms with E-state index in [9.17, 15) is 19.8 Å². The average molecular weight is 262 g/mol. The zero-order chi connectivity index (χ0) is 14.7. The SMILES string of the molecule is CC(C)(C)OC(=O)C(O)[C@@H](O)C(=O)OC(C)(C)C. The number of rotatable bonds is 3. The predicted octanol–water partition coefficient (Wildman–Crippen LogP) is 0.392. The van der Waals surface area contributed by atoms with Crippen LogP contribution >= 0.6 is 0 Å². The van der Waals surface area contributed by atoms with Gasteiger partial charge in [-0.05, 0) is 41.5 Å². The summed E-state index contributed by atoms with van der Waals surface area (Å²) < 4.78 is 9.69. The Morgan fingerprint density at radius 3 is 1.17 bits per heavy atom. The molecule has 0 aromatic rings. The van der Waals surface area contributed by atoms with Crippen molar-refractivity contribution in [2.45, 2.75) is 65.0 Å². The molecule has 0 bridgehead atoms. The smallest absolute Gasteiger partial charge is 0.338 e. The van der Waals surface area contributed by atoms with E-state index in [1.807, 2.05) is 0 Å². The fraction of sp³-hybridized carbons (Fsp3) is 0.833. The molecule has 2 atom stereocenters. The van der Waals surface area contributed by atoms with Gasteiger partial charge in [-0.3, -0.25) is 0 Å². The summed E-state index contributed by atoms with van der Waals surface area (Å²) in [6, 6.07) is 0. The molecule has 0 amide bonds. The van der Waals surface area contributed by atoms with Crippen LogP contribution in [0, 0.1) is 0 Å². The number of carbonyl (C=O) groups excluding carboxylic acids is 2. The Morgan fingerprint density at radius 1 is 0.778 bits per heavy atom. The molecule has 0 aromatic carbocycles. The average Bonchev–Trinajstić information content (AvgIpc) is 2.09. The van der Waals surface area contributed by atoms with Crippen LogP contribution < -0.4 is 0 Å². The molecule has 0 aliphatic heterocycles. The highest BCUT2D eigenvalue weighted by atomic mass is 16.6. The molecule has 0 heterocycles. The second kappa shape index (κ2) is 5.67. The third-order valence-electron chi connectivity index (χ3n) is 1.60. The lowest BCUT2D eigenvalue weighted by atomic mass is 10.1. The molecule has 0 saturated heterocycles. The first-order chi connectivity index (χ1) is 7.83. The molecule has 6 nitrogen and oxygen atoms in total. The summed E-state index contributed by atoms with van der Waals surface area (Å²) in [5, 5.41) is 19.0. The fourth-order valence-electron chi connectivity index (χ4n) is 0.982. The van der Waals surface area contributed by atoms with Crippen LogP contribution in [0.15, 0.2) is 0 Å². The zero-order valence-electron chi connectivity index (χ0n) is 11.7. The molecule has 0 aliphatic carbocycles. The summed E-state index contributed by atoms with van der Waals surface area (Å²) in [7, 11) is 0. The highest BCUT2D eigenvalue weighted by molar-refractivity contribution is 5.85. The van der Waals surface area contributed by atoms with Crippen molar-refractivity contribution in [3.05, 3.63) is 0 Å². The number of hydrogen-bond donors (Lipinski definition) is 2. The van der Waals surface area contributed by atoms with E-state index in [4.69, 9.17) is 9.47 Å². The first-order valence-corrected chi connectivity index (χ1v) is 5.65. The van der Waals surface area contributed by atoms with Gasteiger partial charge in [0, 0.05) is 0 Å². The monoisotopic (exact) mass is 262 g/mol. The van der Waals surface area contributed by atoms with Gasteiger partial charge in [0.1, 0.15) is 11.2 Å². The third kappa shape index (κ3) is 6.56. The van der Waals surface area contributed by atoms with E-state index in [1.54, 1.807) is 41.5 Å². The molecule has 2 N–H and O–H groups in total. The lowest BCUT2D eigenvalue weighted by Gasteiger charge is -2.25. The maximum absolute atomic E-state index is 11.4. The predicted molar refractivity (Wildman–Crippen MR) is 63.7 cm³/mol. The zero-order valence-corrected chi connectivity index (χ0v) is 11.7. The molecule has 0 saturated carbocycles. The van der Waals surface area contributed by atoms with Crippen molar-refractivity contribution in [3.63, 3.8) is 0 Å². The van der Waals surface area contributed by atoms with Gasteiger partial charge in [0.15, 0.2) is 12.2 Å². The molecule has 6 heteroatoms. The molecular weight excluding hydrogens is 240 g/mol. The molecule has 0 aromatic heterocycles. The minimum Gasteiger partial charge on any atom is -0.458 e. The highest BCUT2D eigenvalue weighted by Crippen LogP contribution is 2.13. The molecule has 1 unspecified atom stereocenters. The Balaban J connectivity index is 4.55. The van der Waals surface area contributed by atoms with Gasteiger partial charge in [-0.2, -0.15) is 0 Å². The standard InChI is InChI=1S/C12H22O6/c1-11(2,3)17-9(15)7(13)8(14)10(16)18-12(4,5)6/h7-8,13-14H,1-6H3/t7-,8?/m1/s1. The number of hydrogen-bond acceptors (Lipinski definition) is 6. The minimum absolute atomic E-state index is 0.814. The Labute approximate surface area is 107 Å². The second-order valence-electron chi connectivity index (χ2n) is 5.96. The Morgan fingerprint density at radius 2 is 1.00 bits per heavy atom. The van der Waals surface area contributed by atoms with Crippen molar-refractivity contribution in [3.8, 4) is 0 Å². The summed E-state index contributed by atoms with van der Waals surface area (Å²) in [5.74, 6) is -2.14. The van der Waals surface area contributed by atoms with Crippen molar-refractivity contribution in [1.29, 1.82) is 0 Å². The van der Waals surface area contributed by atoms with Gasteiger partial charge in [-0.25, -0.2) is 9.59 Å². The van der Waals surface area contributed by atoms with Gasteiger partial charge >= 0.3 is 11.9 Å². The lowest BCUT2D eigenvalue weighted by Crippen LogP contribution is -2.45. The van der Waals surface area contributed by atoms with Crippen LogP contribution in [0.1, 0.15) is 41.5 Å². The molecular formula is C12H22O6. The first-order valence-electron chi connectivity index (χ1n) is 5.65. The van der Waals surface area contributed by atoms with Crippen LogP contribution in [0.25, 0.3) is 0 Å². The van der Waals surface area contributed by atoms with Crippen molar-refractivity contribution < 1.29 is 29.3 Å². The quantitative estimate of drug-likeness (QED) is 0.715. The van der Waals surface area contributed by atoms with E-state index in [0.29, 0.717) is 0 Å². The summed E-state index contributed by atoms with van der Waals surface area (Å²) >= 11 is 0. The van der Waals surface area contributed by atoms with Crippen LogP contribution in [0.2, 0.25) is 0 Å². The molecule has 106 valence electrons. The number of aliphatic hydroxyl groups is 2. The van der Waals surface area contributed by atoms with Crippen molar-refractivity contribution in [2.75, 3.05) is 0 Å².